The lowest BCUT2D eigenvalue weighted by Crippen LogP contribution is -2.40. The van der Waals surface area contributed by atoms with Crippen LogP contribution in [0.2, 0.25) is 18.1 Å². The third kappa shape index (κ3) is 3.88. The summed E-state index contributed by atoms with van der Waals surface area (Å²) in [6.45, 7) is 13.6. The molecule has 1 N–H and O–H groups in total. The molecule has 0 aliphatic carbocycles. The van der Waals surface area contributed by atoms with Crippen LogP contribution in [0.15, 0.2) is 24.3 Å². The second kappa shape index (κ2) is 6.55. The summed E-state index contributed by atoms with van der Waals surface area (Å²) in [5.41, 5.74) is 3.50. The summed E-state index contributed by atoms with van der Waals surface area (Å²) < 4.78 is 7.91. The van der Waals surface area contributed by atoms with Crippen molar-refractivity contribution in [1.82, 2.24) is 15.0 Å². The number of hydrogen-bond donors (Lipinski definition) is 1. The van der Waals surface area contributed by atoms with Crippen LogP contribution in [0.4, 0.5) is 0 Å². The van der Waals surface area contributed by atoms with Crippen LogP contribution in [0.1, 0.15) is 37.7 Å². The third-order valence-electron chi connectivity index (χ3n) is 4.69. The van der Waals surface area contributed by atoms with Crippen LogP contribution in [0.3, 0.4) is 0 Å². The van der Waals surface area contributed by atoms with Gasteiger partial charge in [0.05, 0.1) is 30.3 Å². The third-order valence-corrected chi connectivity index (χ3v) is 9.17. The maximum atomic E-state index is 9.44. The van der Waals surface area contributed by atoms with Gasteiger partial charge in [0.1, 0.15) is 0 Å². The smallest absolute Gasteiger partial charge is 0.192 e. The molecule has 0 saturated heterocycles. The Morgan fingerprint density at radius 3 is 2.30 bits per heavy atom. The molecule has 2 aromatic rings. The van der Waals surface area contributed by atoms with E-state index in [1.54, 1.807) is 4.68 Å². The van der Waals surface area contributed by atoms with Crippen molar-refractivity contribution in [3.05, 3.63) is 41.2 Å². The van der Waals surface area contributed by atoms with Gasteiger partial charge in [-0.1, -0.05) is 38.1 Å². The van der Waals surface area contributed by atoms with Gasteiger partial charge in [-0.25, -0.2) is 4.68 Å². The second-order valence-electron chi connectivity index (χ2n) is 7.41. The molecule has 0 bridgehead atoms. The van der Waals surface area contributed by atoms with Gasteiger partial charge < -0.3 is 9.53 Å². The van der Waals surface area contributed by atoms with Crippen LogP contribution in [-0.4, -0.2) is 28.4 Å². The molecule has 23 heavy (non-hydrogen) atoms. The highest BCUT2D eigenvalue weighted by Crippen LogP contribution is 2.37. The summed E-state index contributed by atoms with van der Waals surface area (Å²) in [7, 11) is -1.74. The number of aromatic nitrogens is 3. The van der Waals surface area contributed by atoms with Gasteiger partial charge in [-0.05, 0) is 42.8 Å². The molecule has 0 unspecified atom stereocenters. The molecule has 0 atom stereocenters. The Morgan fingerprint density at radius 1 is 1.17 bits per heavy atom. The van der Waals surface area contributed by atoms with Gasteiger partial charge in [0.15, 0.2) is 8.32 Å². The first-order chi connectivity index (χ1) is 10.7. The summed E-state index contributed by atoms with van der Waals surface area (Å²) in [5, 5.41) is 17.7. The molecule has 0 fully saturated rings. The molecule has 2 rings (SSSR count). The highest BCUT2D eigenvalue weighted by molar-refractivity contribution is 6.74. The fraction of sp³-hybridized carbons (Fsp3) is 0.529. The van der Waals surface area contributed by atoms with E-state index in [4.69, 9.17) is 4.43 Å². The molecule has 6 heteroatoms. The topological polar surface area (TPSA) is 60.2 Å². The molecule has 5 nitrogen and oxygen atoms in total. The molecule has 1 aromatic carbocycles. The van der Waals surface area contributed by atoms with Crippen molar-refractivity contribution in [3.8, 4) is 5.69 Å². The van der Waals surface area contributed by atoms with Crippen molar-refractivity contribution < 1.29 is 9.53 Å². The lowest BCUT2D eigenvalue weighted by molar-refractivity contribution is 0.272. The van der Waals surface area contributed by atoms with E-state index >= 15 is 0 Å². The Labute approximate surface area is 139 Å². The Kier molecular flexibility index (Phi) is 5.08. The normalized spacial score (nSPS) is 12.7. The number of rotatable bonds is 5. The number of aryl methyl sites for hydroxylation is 1. The Hall–Kier alpha value is -1.50. The zero-order valence-corrected chi connectivity index (χ0v) is 15.9. The van der Waals surface area contributed by atoms with Crippen molar-refractivity contribution >= 4 is 8.32 Å². The maximum Gasteiger partial charge on any atom is 0.192 e. The summed E-state index contributed by atoms with van der Waals surface area (Å²) in [5.74, 6) is 0. The van der Waals surface area contributed by atoms with Gasteiger partial charge >= 0.3 is 0 Å². The van der Waals surface area contributed by atoms with E-state index in [9.17, 15) is 5.11 Å². The van der Waals surface area contributed by atoms with Gasteiger partial charge in [0, 0.05) is 0 Å². The number of benzene rings is 1. The van der Waals surface area contributed by atoms with Gasteiger partial charge in [0.2, 0.25) is 0 Å². The Balaban J connectivity index is 2.11. The first-order valence-electron chi connectivity index (χ1n) is 7.91. The number of hydrogen-bond acceptors (Lipinski definition) is 4. The van der Waals surface area contributed by atoms with Crippen LogP contribution in [0, 0.1) is 6.92 Å². The fourth-order valence-corrected chi connectivity index (χ4v) is 2.94. The van der Waals surface area contributed by atoms with Crippen molar-refractivity contribution in [2.45, 2.75) is 59.0 Å². The molecular weight excluding hydrogens is 306 g/mol. The van der Waals surface area contributed by atoms with Crippen LogP contribution >= 0.6 is 0 Å². The molecule has 0 saturated carbocycles. The van der Waals surface area contributed by atoms with Crippen LogP contribution < -0.4 is 0 Å². The summed E-state index contributed by atoms with van der Waals surface area (Å²) in [6, 6.07) is 8.05. The monoisotopic (exact) mass is 333 g/mol. The first kappa shape index (κ1) is 17.8. The van der Waals surface area contributed by atoms with E-state index in [1.807, 2.05) is 31.2 Å². The Bertz CT molecular complexity index is 657. The van der Waals surface area contributed by atoms with Gasteiger partial charge in [0.25, 0.3) is 0 Å². The number of aliphatic hydroxyl groups excluding tert-OH is 1. The highest BCUT2D eigenvalue weighted by atomic mass is 28.4. The van der Waals surface area contributed by atoms with E-state index in [0.29, 0.717) is 6.61 Å². The predicted octanol–water partition coefficient (Wildman–Crippen LogP) is 3.59. The summed E-state index contributed by atoms with van der Waals surface area (Å²) in [6.07, 6.45) is 0. The minimum atomic E-state index is -1.74. The van der Waals surface area contributed by atoms with Crippen molar-refractivity contribution in [3.63, 3.8) is 0 Å². The minimum absolute atomic E-state index is 0.0743. The van der Waals surface area contributed by atoms with Crippen molar-refractivity contribution in [2.24, 2.45) is 0 Å². The molecule has 1 heterocycles. The molecule has 0 aliphatic heterocycles. The van der Waals surface area contributed by atoms with Gasteiger partial charge in [-0.3, -0.25) is 0 Å². The second-order valence-corrected chi connectivity index (χ2v) is 12.2. The standard InChI is InChI=1S/C17H27N3O2Si/c1-13-16(11-21)20(19-18-13)15-9-7-14(8-10-15)12-22-23(5,6)17(2,3)4/h7-10,21H,11-12H2,1-6H3. The van der Waals surface area contributed by atoms with Crippen LogP contribution in [0.25, 0.3) is 5.69 Å². The quantitative estimate of drug-likeness (QED) is 0.850. The average Bonchev–Trinajstić information content (AvgIpc) is 2.85. The van der Waals surface area contributed by atoms with E-state index in [1.165, 1.54) is 0 Å². The van der Waals surface area contributed by atoms with Gasteiger partial charge in [-0.2, -0.15) is 0 Å². The molecule has 0 spiro atoms. The van der Waals surface area contributed by atoms with E-state index in [0.717, 1.165) is 22.6 Å². The maximum absolute atomic E-state index is 9.44. The van der Waals surface area contributed by atoms with Crippen molar-refractivity contribution in [2.75, 3.05) is 0 Å². The Morgan fingerprint density at radius 2 is 1.78 bits per heavy atom. The van der Waals surface area contributed by atoms with E-state index in [2.05, 4.69) is 44.2 Å². The zero-order valence-electron chi connectivity index (χ0n) is 14.9. The van der Waals surface area contributed by atoms with Crippen LogP contribution in [-0.2, 0) is 17.6 Å². The minimum Gasteiger partial charge on any atom is -0.413 e. The zero-order chi connectivity index (χ0) is 17.3. The summed E-state index contributed by atoms with van der Waals surface area (Å²) in [4.78, 5) is 0. The first-order valence-corrected chi connectivity index (χ1v) is 10.8. The molecule has 1 aromatic heterocycles. The molecule has 0 aliphatic rings. The number of nitrogens with zero attached hydrogens (tertiary/aromatic N) is 3. The van der Waals surface area contributed by atoms with Crippen LogP contribution in [0.5, 0.6) is 0 Å². The van der Waals surface area contributed by atoms with E-state index in [-0.39, 0.29) is 11.6 Å². The highest BCUT2D eigenvalue weighted by Gasteiger charge is 2.36. The number of aliphatic hydroxyl groups is 1. The van der Waals surface area contributed by atoms with Crippen molar-refractivity contribution in [1.29, 1.82) is 0 Å². The average molecular weight is 334 g/mol. The van der Waals surface area contributed by atoms with Gasteiger partial charge in [-0.15, -0.1) is 5.10 Å². The fourth-order valence-electron chi connectivity index (χ4n) is 1.98. The lowest BCUT2D eigenvalue weighted by atomic mass is 10.2. The lowest BCUT2D eigenvalue weighted by Gasteiger charge is -2.36. The molecule has 0 amide bonds. The molecule has 126 valence electrons. The SMILES string of the molecule is Cc1nnn(-c2ccc(CO[Si](C)(C)C(C)(C)C)cc2)c1CO. The molecule has 0 radical (unpaired) electrons. The predicted molar refractivity (Wildman–Crippen MR) is 94.0 cm³/mol. The van der Waals surface area contributed by atoms with E-state index < -0.39 is 8.32 Å². The summed E-state index contributed by atoms with van der Waals surface area (Å²) >= 11 is 0. The largest absolute Gasteiger partial charge is 0.413 e. The molecular formula is C17H27N3O2Si.